The zero-order valence-electron chi connectivity index (χ0n) is 16.7. The summed E-state index contributed by atoms with van der Waals surface area (Å²) in [5, 5.41) is 11.9. The molecule has 0 spiro atoms. The van der Waals surface area contributed by atoms with Gasteiger partial charge in [0.05, 0.1) is 18.8 Å². The SMILES string of the molecule is CCOc1cc2c(cc1OCC)CN(C(=O)NCc1ccc(C(=O)O)cc1)CC2. The number of benzene rings is 2. The van der Waals surface area contributed by atoms with Gasteiger partial charge in [-0.25, -0.2) is 9.59 Å². The number of rotatable bonds is 7. The van der Waals surface area contributed by atoms with Gasteiger partial charge in [-0.3, -0.25) is 0 Å². The number of nitrogens with zero attached hydrogens (tertiary/aromatic N) is 1. The van der Waals surface area contributed by atoms with Gasteiger partial charge >= 0.3 is 12.0 Å². The minimum Gasteiger partial charge on any atom is -0.490 e. The van der Waals surface area contributed by atoms with Gasteiger partial charge in [-0.05, 0) is 61.2 Å². The molecule has 0 radical (unpaired) electrons. The Bertz CT molecular complexity index is 880. The average Bonchev–Trinajstić information content (AvgIpc) is 2.72. The molecule has 29 heavy (non-hydrogen) atoms. The standard InChI is InChI=1S/C22H26N2O5/c1-3-28-19-11-17-9-10-24(14-18(17)12-20(19)29-4-2)22(27)23-13-15-5-7-16(8-6-15)21(25)26/h5-8,11-12H,3-4,9-10,13-14H2,1-2H3,(H,23,27)(H,25,26). The Morgan fingerprint density at radius 1 is 1.03 bits per heavy atom. The first kappa shape index (κ1) is 20.5. The summed E-state index contributed by atoms with van der Waals surface area (Å²) in [5.41, 5.74) is 3.30. The molecule has 7 nitrogen and oxygen atoms in total. The summed E-state index contributed by atoms with van der Waals surface area (Å²) in [7, 11) is 0. The molecule has 0 saturated heterocycles. The minimum absolute atomic E-state index is 0.148. The molecule has 0 aromatic heterocycles. The topological polar surface area (TPSA) is 88.1 Å². The van der Waals surface area contributed by atoms with E-state index in [1.54, 1.807) is 17.0 Å². The predicted molar refractivity (Wildman–Crippen MR) is 109 cm³/mol. The van der Waals surface area contributed by atoms with Gasteiger partial charge in [0.2, 0.25) is 0 Å². The number of ether oxygens (including phenoxy) is 2. The molecule has 2 amide bonds. The average molecular weight is 398 g/mol. The number of fused-ring (bicyclic) bond motifs is 1. The van der Waals surface area contributed by atoms with Gasteiger partial charge in [0.1, 0.15) is 0 Å². The first-order valence-electron chi connectivity index (χ1n) is 9.78. The van der Waals surface area contributed by atoms with E-state index < -0.39 is 5.97 Å². The Morgan fingerprint density at radius 3 is 2.24 bits per heavy atom. The van der Waals surface area contributed by atoms with Crippen molar-refractivity contribution in [3.05, 3.63) is 58.7 Å². The van der Waals surface area contributed by atoms with Crippen molar-refractivity contribution in [1.82, 2.24) is 10.2 Å². The highest BCUT2D eigenvalue weighted by atomic mass is 16.5. The Kier molecular flexibility index (Phi) is 6.59. The van der Waals surface area contributed by atoms with Gasteiger partial charge < -0.3 is 24.8 Å². The van der Waals surface area contributed by atoms with Gasteiger partial charge in [0.25, 0.3) is 0 Å². The molecule has 2 aromatic carbocycles. The molecule has 3 rings (SSSR count). The first-order valence-corrected chi connectivity index (χ1v) is 9.78. The van der Waals surface area contributed by atoms with Crippen LogP contribution < -0.4 is 14.8 Å². The lowest BCUT2D eigenvalue weighted by molar-refractivity contribution is 0.0697. The molecular weight excluding hydrogens is 372 g/mol. The summed E-state index contributed by atoms with van der Waals surface area (Å²) in [6.07, 6.45) is 0.753. The number of carboxylic acids is 1. The quantitative estimate of drug-likeness (QED) is 0.746. The van der Waals surface area contributed by atoms with Crippen LogP contribution in [0.3, 0.4) is 0 Å². The van der Waals surface area contributed by atoms with Crippen LogP contribution in [0.1, 0.15) is 40.9 Å². The van der Waals surface area contributed by atoms with Crippen LogP contribution in [-0.2, 0) is 19.5 Å². The van der Waals surface area contributed by atoms with Gasteiger partial charge in [-0.15, -0.1) is 0 Å². The summed E-state index contributed by atoms with van der Waals surface area (Å²) in [6, 6.07) is 10.3. The van der Waals surface area contributed by atoms with E-state index in [-0.39, 0.29) is 11.6 Å². The lowest BCUT2D eigenvalue weighted by Gasteiger charge is -2.30. The second-order valence-electron chi connectivity index (χ2n) is 6.77. The zero-order valence-corrected chi connectivity index (χ0v) is 16.7. The fraction of sp³-hybridized carbons (Fsp3) is 0.364. The van der Waals surface area contributed by atoms with E-state index in [0.29, 0.717) is 38.6 Å². The molecule has 1 aliphatic rings. The van der Waals surface area contributed by atoms with Crippen molar-refractivity contribution in [3.8, 4) is 11.5 Å². The van der Waals surface area contributed by atoms with E-state index >= 15 is 0 Å². The van der Waals surface area contributed by atoms with Crippen LogP contribution >= 0.6 is 0 Å². The molecule has 2 aromatic rings. The number of carboxylic acid groups (broad SMARTS) is 1. The van der Waals surface area contributed by atoms with Gasteiger partial charge in [-0.1, -0.05) is 12.1 Å². The van der Waals surface area contributed by atoms with Crippen LogP contribution in [0.4, 0.5) is 4.79 Å². The van der Waals surface area contributed by atoms with Crippen LogP contribution in [0.15, 0.2) is 36.4 Å². The molecule has 2 N–H and O–H groups in total. The van der Waals surface area contributed by atoms with Crippen LogP contribution in [-0.4, -0.2) is 41.8 Å². The van der Waals surface area contributed by atoms with Crippen molar-refractivity contribution >= 4 is 12.0 Å². The third-order valence-electron chi connectivity index (χ3n) is 4.81. The van der Waals surface area contributed by atoms with Gasteiger partial charge in [0, 0.05) is 19.6 Å². The molecule has 0 unspecified atom stereocenters. The predicted octanol–water partition coefficient (Wildman–Crippen LogP) is 3.45. The maximum Gasteiger partial charge on any atom is 0.335 e. The molecule has 1 heterocycles. The summed E-state index contributed by atoms with van der Waals surface area (Å²) >= 11 is 0. The molecule has 7 heteroatoms. The minimum atomic E-state index is -0.966. The Labute approximate surface area is 170 Å². The highest BCUT2D eigenvalue weighted by Gasteiger charge is 2.23. The number of urea groups is 1. The normalized spacial score (nSPS) is 12.8. The van der Waals surface area contributed by atoms with Crippen molar-refractivity contribution in [2.75, 3.05) is 19.8 Å². The summed E-state index contributed by atoms with van der Waals surface area (Å²) < 4.78 is 11.4. The third kappa shape index (κ3) is 4.99. The first-order chi connectivity index (χ1) is 14.0. The van der Waals surface area contributed by atoms with E-state index in [1.165, 1.54) is 17.7 Å². The fourth-order valence-corrected chi connectivity index (χ4v) is 3.33. The van der Waals surface area contributed by atoms with Crippen molar-refractivity contribution in [2.24, 2.45) is 0 Å². The van der Waals surface area contributed by atoms with Crippen LogP contribution in [0.5, 0.6) is 11.5 Å². The highest BCUT2D eigenvalue weighted by Crippen LogP contribution is 2.33. The highest BCUT2D eigenvalue weighted by molar-refractivity contribution is 5.87. The number of carbonyl (C=O) groups excluding carboxylic acids is 1. The summed E-state index contributed by atoms with van der Waals surface area (Å²) in [6.45, 7) is 6.45. The monoisotopic (exact) mass is 398 g/mol. The molecule has 0 bridgehead atoms. The fourth-order valence-electron chi connectivity index (χ4n) is 3.33. The number of hydrogen-bond donors (Lipinski definition) is 2. The van der Waals surface area contributed by atoms with E-state index in [4.69, 9.17) is 14.6 Å². The van der Waals surface area contributed by atoms with Crippen molar-refractivity contribution < 1.29 is 24.2 Å². The molecule has 154 valence electrons. The van der Waals surface area contributed by atoms with Gasteiger partial charge in [-0.2, -0.15) is 0 Å². The van der Waals surface area contributed by atoms with E-state index in [0.717, 1.165) is 23.3 Å². The Hall–Kier alpha value is -3.22. The maximum absolute atomic E-state index is 12.6. The molecule has 0 saturated carbocycles. The Morgan fingerprint density at radius 2 is 1.66 bits per heavy atom. The van der Waals surface area contributed by atoms with E-state index in [2.05, 4.69) is 5.32 Å². The van der Waals surface area contributed by atoms with Gasteiger partial charge in [0.15, 0.2) is 11.5 Å². The molecule has 1 aliphatic heterocycles. The lowest BCUT2D eigenvalue weighted by Crippen LogP contribution is -2.42. The molecular formula is C22H26N2O5. The summed E-state index contributed by atoms with van der Waals surface area (Å²) in [5.74, 6) is 0.483. The van der Waals surface area contributed by atoms with Crippen LogP contribution in [0.25, 0.3) is 0 Å². The number of hydrogen-bond acceptors (Lipinski definition) is 4. The number of nitrogens with one attached hydrogen (secondary N) is 1. The number of carbonyl (C=O) groups is 2. The summed E-state index contributed by atoms with van der Waals surface area (Å²) in [4.78, 5) is 25.3. The largest absolute Gasteiger partial charge is 0.490 e. The smallest absolute Gasteiger partial charge is 0.335 e. The Balaban J connectivity index is 1.64. The van der Waals surface area contributed by atoms with Crippen molar-refractivity contribution in [3.63, 3.8) is 0 Å². The lowest BCUT2D eigenvalue weighted by atomic mass is 9.99. The second-order valence-corrected chi connectivity index (χ2v) is 6.77. The van der Waals surface area contributed by atoms with Crippen LogP contribution in [0, 0.1) is 0 Å². The molecule has 0 atom stereocenters. The van der Waals surface area contributed by atoms with E-state index in [1.807, 2.05) is 26.0 Å². The maximum atomic E-state index is 12.6. The zero-order chi connectivity index (χ0) is 20.8. The van der Waals surface area contributed by atoms with E-state index in [9.17, 15) is 9.59 Å². The molecule has 0 fully saturated rings. The second kappa shape index (κ2) is 9.32. The number of aromatic carboxylic acids is 1. The van der Waals surface area contributed by atoms with Crippen molar-refractivity contribution in [2.45, 2.75) is 33.4 Å². The third-order valence-corrected chi connectivity index (χ3v) is 4.81. The molecule has 0 aliphatic carbocycles. The van der Waals surface area contributed by atoms with Crippen LogP contribution in [0.2, 0.25) is 0 Å². The van der Waals surface area contributed by atoms with Crippen molar-refractivity contribution in [1.29, 1.82) is 0 Å². The number of amides is 2.